The molecule has 2 amide bonds. The summed E-state index contributed by atoms with van der Waals surface area (Å²) in [6.45, 7) is 1.03. The van der Waals surface area contributed by atoms with Crippen molar-refractivity contribution in [2.45, 2.75) is 25.3 Å². The highest BCUT2D eigenvalue weighted by molar-refractivity contribution is 9.10. The fourth-order valence-corrected chi connectivity index (χ4v) is 3.90. The summed E-state index contributed by atoms with van der Waals surface area (Å²) in [5, 5.41) is 5.49. The van der Waals surface area contributed by atoms with E-state index in [-0.39, 0.29) is 30.0 Å². The van der Waals surface area contributed by atoms with Gasteiger partial charge in [0, 0.05) is 23.1 Å². The Hall–Kier alpha value is -2.78. The van der Waals surface area contributed by atoms with Crippen LogP contribution in [-0.4, -0.2) is 53.5 Å². The van der Waals surface area contributed by atoms with Crippen molar-refractivity contribution in [3.63, 3.8) is 0 Å². The van der Waals surface area contributed by atoms with Gasteiger partial charge >= 0.3 is 5.97 Å². The van der Waals surface area contributed by atoms with Gasteiger partial charge in [0.2, 0.25) is 5.91 Å². The normalized spacial score (nSPS) is 15.6. The Morgan fingerprint density at radius 3 is 2.59 bits per heavy atom. The van der Waals surface area contributed by atoms with Crippen molar-refractivity contribution >= 4 is 51.0 Å². The molecule has 1 heterocycles. The second-order valence-corrected chi connectivity index (χ2v) is 8.58. The van der Waals surface area contributed by atoms with Crippen LogP contribution in [0.15, 0.2) is 59.1 Å². The topological polar surface area (TPSA) is 87.7 Å². The van der Waals surface area contributed by atoms with Crippen LogP contribution in [0.4, 0.5) is 0 Å². The zero-order valence-electron chi connectivity index (χ0n) is 17.4. The maximum absolute atomic E-state index is 12.5. The molecule has 0 spiro atoms. The molecule has 2 N–H and O–H groups in total. The van der Waals surface area contributed by atoms with Gasteiger partial charge in [-0.15, -0.1) is 0 Å². The molecule has 1 atom stereocenters. The lowest BCUT2D eigenvalue weighted by Gasteiger charge is -2.36. The number of thiocarbonyl (C=S) groups is 1. The van der Waals surface area contributed by atoms with Gasteiger partial charge in [-0.25, -0.2) is 0 Å². The fraction of sp³-hybridized carbons (Fsp3) is 0.304. The van der Waals surface area contributed by atoms with E-state index in [0.29, 0.717) is 25.1 Å². The van der Waals surface area contributed by atoms with Crippen LogP contribution in [0, 0.1) is 0 Å². The Morgan fingerprint density at radius 2 is 1.88 bits per heavy atom. The van der Waals surface area contributed by atoms with Gasteiger partial charge in [-0.05, 0) is 54.9 Å². The molecule has 1 fully saturated rings. The first-order valence-corrected chi connectivity index (χ1v) is 11.5. The molecule has 0 aromatic heterocycles. The van der Waals surface area contributed by atoms with Crippen LogP contribution < -0.4 is 10.6 Å². The van der Waals surface area contributed by atoms with E-state index in [1.807, 2.05) is 30.3 Å². The number of aryl methyl sites for hydroxylation is 1. The maximum Gasteiger partial charge on any atom is 0.308 e. The highest BCUT2D eigenvalue weighted by Crippen LogP contribution is 2.13. The van der Waals surface area contributed by atoms with Crippen LogP contribution in [0.5, 0.6) is 0 Å². The van der Waals surface area contributed by atoms with Crippen molar-refractivity contribution in [3.05, 3.63) is 70.2 Å². The van der Waals surface area contributed by atoms with Crippen LogP contribution >= 0.6 is 28.1 Å². The number of rotatable bonds is 7. The van der Waals surface area contributed by atoms with Crippen LogP contribution in [0.2, 0.25) is 0 Å². The molecule has 1 saturated heterocycles. The van der Waals surface area contributed by atoms with Gasteiger partial charge in [0.15, 0.2) is 5.11 Å². The minimum absolute atomic E-state index is 0.106. The van der Waals surface area contributed by atoms with Crippen molar-refractivity contribution < 1.29 is 19.1 Å². The first kappa shape index (κ1) is 23.9. The third-order valence-corrected chi connectivity index (χ3v) is 5.86. The van der Waals surface area contributed by atoms with Gasteiger partial charge in [0.1, 0.15) is 6.04 Å². The first-order chi connectivity index (χ1) is 15.4. The van der Waals surface area contributed by atoms with E-state index in [4.69, 9.17) is 17.0 Å². The number of nitrogens with one attached hydrogen (secondary N) is 2. The molecule has 0 aliphatic carbocycles. The van der Waals surface area contributed by atoms with Crippen LogP contribution in [-0.2, 0) is 20.7 Å². The highest BCUT2D eigenvalue weighted by atomic mass is 79.9. The molecule has 168 valence electrons. The number of halogens is 1. The molecular formula is C23H24BrN3O4S. The lowest BCUT2D eigenvalue weighted by Crippen LogP contribution is -2.60. The van der Waals surface area contributed by atoms with Crippen molar-refractivity contribution in [1.82, 2.24) is 15.5 Å². The van der Waals surface area contributed by atoms with Crippen molar-refractivity contribution in [2.24, 2.45) is 0 Å². The summed E-state index contributed by atoms with van der Waals surface area (Å²) >= 11 is 8.70. The number of carbonyl (C=O) groups excluding carboxylic acids is 3. The summed E-state index contributed by atoms with van der Waals surface area (Å²) in [4.78, 5) is 38.8. The van der Waals surface area contributed by atoms with Gasteiger partial charge in [-0.1, -0.05) is 46.3 Å². The largest absolute Gasteiger partial charge is 0.466 e. The molecule has 1 aliphatic heterocycles. The van der Waals surface area contributed by atoms with Crippen LogP contribution in [0.1, 0.15) is 28.8 Å². The predicted molar refractivity (Wildman–Crippen MR) is 128 cm³/mol. The average molecular weight is 518 g/mol. The van der Waals surface area contributed by atoms with E-state index in [9.17, 15) is 14.4 Å². The minimum atomic E-state index is -0.830. The second kappa shape index (κ2) is 11.7. The summed E-state index contributed by atoms with van der Waals surface area (Å²) in [5.41, 5.74) is 1.61. The number of hydrogen-bond donors (Lipinski definition) is 2. The fourth-order valence-electron chi connectivity index (χ4n) is 3.33. The van der Waals surface area contributed by atoms with E-state index in [1.54, 1.807) is 29.2 Å². The zero-order valence-corrected chi connectivity index (χ0v) is 19.8. The van der Waals surface area contributed by atoms with Crippen molar-refractivity contribution in [1.29, 1.82) is 0 Å². The number of amides is 2. The Balaban J connectivity index is 1.51. The third kappa shape index (κ3) is 6.86. The third-order valence-electron chi connectivity index (χ3n) is 4.99. The van der Waals surface area contributed by atoms with E-state index < -0.39 is 12.0 Å². The lowest BCUT2D eigenvalue weighted by molar-refractivity contribution is -0.147. The molecule has 3 rings (SSSR count). The maximum atomic E-state index is 12.5. The second-order valence-electron chi connectivity index (χ2n) is 7.28. The average Bonchev–Trinajstić information content (AvgIpc) is 2.79. The van der Waals surface area contributed by atoms with Crippen molar-refractivity contribution in [3.8, 4) is 0 Å². The predicted octanol–water partition coefficient (Wildman–Crippen LogP) is 2.83. The lowest BCUT2D eigenvalue weighted by atomic mass is 10.1. The number of nitrogens with zero attached hydrogens (tertiary/aromatic N) is 1. The van der Waals surface area contributed by atoms with E-state index in [2.05, 4.69) is 26.6 Å². The quantitative estimate of drug-likeness (QED) is 0.333. The molecule has 0 bridgehead atoms. The van der Waals surface area contributed by atoms with Gasteiger partial charge in [0.05, 0.1) is 13.0 Å². The van der Waals surface area contributed by atoms with Gasteiger partial charge in [-0.3, -0.25) is 19.7 Å². The first-order valence-electron chi connectivity index (χ1n) is 10.3. The molecule has 0 radical (unpaired) electrons. The molecule has 1 aliphatic rings. The number of carbonyl (C=O) groups is 3. The van der Waals surface area contributed by atoms with Gasteiger partial charge in [-0.2, -0.15) is 0 Å². The van der Waals surface area contributed by atoms with E-state index in [1.165, 1.54) is 5.56 Å². The minimum Gasteiger partial charge on any atom is -0.466 e. The molecule has 2 aromatic rings. The Labute approximate surface area is 200 Å². The molecule has 2 aromatic carbocycles. The Bertz CT molecular complexity index is 969. The molecular weight excluding hydrogens is 494 g/mol. The van der Waals surface area contributed by atoms with E-state index >= 15 is 0 Å². The smallest absolute Gasteiger partial charge is 0.308 e. The summed E-state index contributed by atoms with van der Waals surface area (Å²) in [5.74, 6) is -1.18. The highest BCUT2D eigenvalue weighted by Gasteiger charge is 2.34. The van der Waals surface area contributed by atoms with Crippen LogP contribution in [0.3, 0.4) is 0 Å². The zero-order chi connectivity index (χ0) is 22.9. The Kier molecular flexibility index (Phi) is 8.75. The van der Waals surface area contributed by atoms with Gasteiger partial charge in [0.25, 0.3) is 5.91 Å². The number of ether oxygens (including phenoxy) is 1. The number of esters is 1. The monoisotopic (exact) mass is 517 g/mol. The summed E-state index contributed by atoms with van der Waals surface area (Å²) in [6, 6.07) is 15.9. The molecule has 1 unspecified atom stereocenters. The molecule has 0 saturated carbocycles. The number of benzene rings is 2. The molecule has 7 nitrogen and oxygen atoms in total. The number of hydrogen-bond acceptors (Lipinski definition) is 5. The summed E-state index contributed by atoms with van der Waals surface area (Å²) in [7, 11) is 0. The van der Waals surface area contributed by atoms with E-state index in [0.717, 1.165) is 10.9 Å². The van der Waals surface area contributed by atoms with Gasteiger partial charge < -0.3 is 15.0 Å². The Morgan fingerprint density at radius 1 is 1.16 bits per heavy atom. The molecule has 32 heavy (non-hydrogen) atoms. The summed E-state index contributed by atoms with van der Waals surface area (Å²) in [6.07, 6.45) is 1.35. The van der Waals surface area contributed by atoms with Crippen molar-refractivity contribution in [2.75, 3.05) is 19.7 Å². The molecule has 9 heteroatoms. The SMILES string of the molecule is O=C(CC1C(=O)NCCN1C(=S)NC(=O)c1ccc(Br)cc1)OCCCc1ccccc1. The standard InChI is InChI=1S/C23H24BrN3O4S/c24-18-10-8-17(9-11-18)21(29)26-23(32)27-13-12-25-22(30)19(27)15-20(28)31-14-4-7-16-5-2-1-3-6-16/h1-3,5-6,8-11,19H,4,7,12-15H2,(H,25,30)(H,26,29,32). The number of piperazine rings is 1. The van der Waals surface area contributed by atoms with Crippen LogP contribution in [0.25, 0.3) is 0 Å². The summed E-state index contributed by atoms with van der Waals surface area (Å²) < 4.78 is 6.18.